The number of benzene rings is 1. The molecule has 2 aliphatic rings. The van der Waals surface area contributed by atoms with Crippen LogP contribution in [0.3, 0.4) is 0 Å². The lowest BCUT2D eigenvalue weighted by molar-refractivity contribution is 0.115. The first kappa shape index (κ1) is 14.9. The zero-order chi connectivity index (χ0) is 14.8. The molecule has 3 rings (SSSR count). The fourth-order valence-electron chi connectivity index (χ4n) is 3.91. The van der Waals surface area contributed by atoms with E-state index in [1.165, 1.54) is 50.1 Å². The molecule has 0 spiro atoms. The Morgan fingerprint density at radius 1 is 1.19 bits per heavy atom. The summed E-state index contributed by atoms with van der Waals surface area (Å²) in [7, 11) is 0. The Bertz CT molecular complexity index is 454. The van der Waals surface area contributed by atoms with E-state index in [0.29, 0.717) is 6.04 Å². The highest BCUT2D eigenvalue weighted by Gasteiger charge is 2.32. The van der Waals surface area contributed by atoms with Gasteiger partial charge in [0.25, 0.3) is 0 Å². The van der Waals surface area contributed by atoms with Gasteiger partial charge in [-0.2, -0.15) is 0 Å². The average molecular weight is 287 g/mol. The molecule has 21 heavy (non-hydrogen) atoms. The van der Waals surface area contributed by atoms with E-state index in [4.69, 9.17) is 5.73 Å². The number of nitrogens with zero attached hydrogens (tertiary/aromatic N) is 2. The number of hydrogen-bond acceptors (Lipinski definition) is 3. The van der Waals surface area contributed by atoms with E-state index in [1.54, 1.807) is 0 Å². The molecule has 2 N–H and O–H groups in total. The van der Waals surface area contributed by atoms with Gasteiger partial charge in [-0.3, -0.25) is 4.90 Å². The fourth-order valence-corrected chi connectivity index (χ4v) is 3.91. The molecule has 3 unspecified atom stereocenters. The summed E-state index contributed by atoms with van der Waals surface area (Å²) in [4.78, 5) is 5.30. The zero-order valence-corrected chi connectivity index (χ0v) is 13.5. The highest BCUT2D eigenvalue weighted by Crippen LogP contribution is 2.28. The zero-order valence-electron chi connectivity index (χ0n) is 13.5. The Morgan fingerprint density at radius 2 is 1.95 bits per heavy atom. The monoisotopic (exact) mass is 287 g/mol. The van der Waals surface area contributed by atoms with Crippen molar-refractivity contribution in [3.05, 3.63) is 29.8 Å². The summed E-state index contributed by atoms with van der Waals surface area (Å²) in [6.07, 6.45) is 5.12. The average Bonchev–Trinajstić information content (AvgIpc) is 2.47. The standard InChI is InChI=1S/C18H29N3/c1-14(19)11-16-6-8-17(9-7-16)21-13-18-5-3-4-10-20(18)12-15(21)2/h6-9,14-15,18H,3-5,10-13,19H2,1-2H3. The second kappa shape index (κ2) is 6.37. The van der Waals surface area contributed by atoms with Gasteiger partial charge in [-0.25, -0.2) is 0 Å². The van der Waals surface area contributed by atoms with Crippen molar-refractivity contribution >= 4 is 5.69 Å². The minimum Gasteiger partial charge on any atom is -0.366 e. The van der Waals surface area contributed by atoms with Crippen LogP contribution in [0.5, 0.6) is 0 Å². The predicted molar refractivity (Wildman–Crippen MR) is 89.8 cm³/mol. The van der Waals surface area contributed by atoms with Crippen molar-refractivity contribution < 1.29 is 0 Å². The lowest BCUT2D eigenvalue weighted by Gasteiger charge is -2.48. The summed E-state index contributed by atoms with van der Waals surface area (Å²) >= 11 is 0. The molecular weight excluding hydrogens is 258 g/mol. The first-order chi connectivity index (χ1) is 10.1. The van der Waals surface area contributed by atoms with Gasteiger partial charge in [0, 0.05) is 36.9 Å². The Balaban J connectivity index is 1.70. The molecule has 2 aliphatic heterocycles. The molecule has 0 saturated carbocycles. The maximum absolute atomic E-state index is 5.88. The summed E-state index contributed by atoms with van der Waals surface area (Å²) in [5.41, 5.74) is 8.61. The van der Waals surface area contributed by atoms with E-state index in [-0.39, 0.29) is 6.04 Å². The van der Waals surface area contributed by atoms with Crippen molar-refractivity contribution in [2.45, 2.75) is 57.7 Å². The second-order valence-electron chi connectivity index (χ2n) is 6.99. The van der Waals surface area contributed by atoms with Crippen LogP contribution in [-0.2, 0) is 6.42 Å². The number of anilines is 1. The molecule has 0 amide bonds. The quantitative estimate of drug-likeness (QED) is 0.927. The third kappa shape index (κ3) is 3.41. The fraction of sp³-hybridized carbons (Fsp3) is 0.667. The first-order valence-electron chi connectivity index (χ1n) is 8.48. The number of piperidine rings is 1. The van der Waals surface area contributed by atoms with Crippen LogP contribution in [0.15, 0.2) is 24.3 Å². The highest BCUT2D eigenvalue weighted by atomic mass is 15.3. The maximum Gasteiger partial charge on any atom is 0.0389 e. The van der Waals surface area contributed by atoms with Gasteiger partial charge in [-0.1, -0.05) is 18.6 Å². The van der Waals surface area contributed by atoms with Gasteiger partial charge < -0.3 is 10.6 Å². The van der Waals surface area contributed by atoms with Gasteiger partial charge in [0.15, 0.2) is 0 Å². The van der Waals surface area contributed by atoms with E-state index in [9.17, 15) is 0 Å². The molecule has 0 radical (unpaired) electrons. The lowest BCUT2D eigenvalue weighted by Crippen LogP contribution is -2.58. The van der Waals surface area contributed by atoms with E-state index < -0.39 is 0 Å². The SMILES string of the molecule is CC(N)Cc1ccc(N2CC3CCCCN3CC2C)cc1. The van der Waals surface area contributed by atoms with Gasteiger partial charge in [-0.15, -0.1) is 0 Å². The van der Waals surface area contributed by atoms with E-state index >= 15 is 0 Å². The van der Waals surface area contributed by atoms with Crippen molar-refractivity contribution in [2.75, 3.05) is 24.5 Å². The van der Waals surface area contributed by atoms with E-state index in [2.05, 4.69) is 47.9 Å². The minimum absolute atomic E-state index is 0.237. The number of rotatable bonds is 3. The smallest absolute Gasteiger partial charge is 0.0389 e. The van der Waals surface area contributed by atoms with Crippen molar-refractivity contribution in [2.24, 2.45) is 5.73 Å². The van der Waals surface area contributed by atoms with Crippen molar-refractivity contribution in [1.82, 2.24) is 4.90 Å². The highest BCUT2D eigenvalue weighted by molar-refractivity contribution is 5.49. The molecule has 3 nitrogen and oxygen atoms in total. The molecule has 2 saturated heterocycles. The van der Waals surface area contributed by atoms with Crippen LogP contribution < -0.4 is 10.6 Å². The molecule has 0 bridgehead atoms. The van der Waals surface area contributed by atoms with Crippen molar-refractivity contribution in [1.29, 1.82) is 0 Å². The molecule has 2 heterocycles. The van der Waals surface area contributed by atoms with Crippen LogP contribution in [0.4, 0.5) is 5.69 Å². The molecule has 3 heteroatoms. The molecule has 1 aromatic rings. The summed E-state index contributed by atoms with van der Waals surface area (Å²) in [6, 6.07) is 10.7. The van der Waals surface area contributed by atoms with Crippen LogP contribution in [-0.4, -0.2) is 42.7 Å². The number of piperazine rings is 1. The van der Waals surface area contributed by atoms with Crippen LogP contribution in [0.25, 0.3) is 0 Å². The third-order valence-corrected chi connectivity index (χ3v) is 5.01. The van der Waals surface area contributed by atoms with Gasteiger partial charge >= 0.3 is 0 Å². The molecular formula is C18H29N3. The van der Waals surface area contributed by atoms with Gasteiger partial charge in [0.05, 0.1) is 0 Å². The maximum atomic E-state index is 5.88. The first-order valence-corrected chi connectivity index (χ1v) is 8.48. The molecule has 1 aromatic carbocycles. The van der Waals surface area contributed by atoms with E-state index in [0.717, 1.165) is 12.5 Å². The normalized spacial score (nSPS) is 28.2. The largest absolute Gasteiger partial charge is 0.366 e. The second-order valence-corrected chi connectivity index (χ2v) is 6.99. The summed E-state index contributed by atoms with van der Waals surface area (Å²) < 4.78 is 0. The molecule has 116 valence electrons. The Morgan fingerprint density at radius 3 is 2.67 bits per heavy atom. The summed E-state index contributed by atoms with van der Waals surface area (Å²) in [5, 5.41) is 0. The minimum atomic E-state index is 0.237. The van der Waals surface area contributed by atoms with Crippen LogP contribution in [0.2, 0.25) is 0 Å². The molecule has 0 aromatic heterocycles. The van der Waals surface area contributed by atoms with Crippen molar-refractivity contribution in [3.63, 3.8) is 0 Å². The van der Waals surface area contributed by atoms with Gasteiger partial charge in [0.1, 0.15) is 0 Å². The number of nitrogens with two attached hydrogens (primary N) is 1. The Labute approximate surface area is 129 Å². The van der Waals surface area contributed by atoms with Gasteiger partial charge in [-0.05, 0) is 57.4 Å². The Hall–Kier alpha value is -1.06. The van der Waals surface area contributed by atoms with Gasteiger partial charge in [0.2, 0.25) is 0 Å². The predicted octanol–water partition coefficient (Wildman–Crippen LogP) is 2.64. The third-order valence-electron chi connectivity index (χ3n) is 5.01. The number of fused-ring (bicyclic) bond motifs is 1. The topological polar surface area (TPSA) is 32.5 Å². The molecule has 3 atom stereocenters. The lowest BCUT2D eigenvalue weighted by atomic mass is 9.96. The van der Waals surface area contributed by atoms with E-state index in [1.807, 2.05) is 0 Å². The summed E-state index contributed by atoms with van der Waals surface area (Å²) in [6.45, 7) is 8.13. The summed E-state index contributed by atoms with van der Waals surface area (Å²) in [5.74, 6) is 0. The molecule has 2 fully saturated rings. The van der Waals surface area contributed by atoms with Crippen LogP contribution >= 0.6 is 0 Å². The Kier molecular flexibility index (Phi) is 4.51. The van der Waals surface area contributed by atoms with Crippen LogP contribution in [0.1, 0.15) is 38.7 Å². The number of hydrogen-bond donors (Lipinski definition) is 1. The van der Waals surface area contributed by atoms with Crippen LogP contribution in [0, 0.1) is 0 Å². The molecule has 0 aliphatic carbocycles. The van der Waals surface area contributed by atoms with Crippen molar-refractivity contribution in [3.8, 4) is 0 Å².